The standard InChI is InChI=1S/C62H64N4/c1-3-5-7-9-11-13-15-17-23-43-33-51(49-29-31-55-57(41-49)65-61-39-47-27-21-19-25-45(47)37-59(61)63-55)54-36-44(24-18-16-14-12-10-8-6-4-2)34-52(53(54)35-43)50-30-32-56-58(42-50)66-62-40-48-28-22-20-26-46(48)38-60(62)64-56/h19-22,25-42H,3-18,23-24H2,1-2H3. The number of fused-ring (bicyclic) bond motifs is 7. The molecule has 2 aromatic heterocycles. The number of nitrogens with zero attached hydrogens (tertiary/aromatic N) is 4. The second-order valence-electron chi connectivity index (χ2n) is 19.1. The first-order valence-corrected chi connectivity index (χ1v) is 25.4. The van der Waals surface area contributed by atoms with Crippen LogP contribution in [0.3, 0.4) is 0 Å². The van der Waals surface area contributed by atoms with Crippen LogP contribution in [-0.2, 0) is 12.8 Å². The molecule has 10 aromatic rings. The molecule has 0 radical (unpaired) electrons. The van der Waals surface area contributed by atoms with Gasteiger partial charge in [-0.1, -0.05) is 189 Å². The van der Waals surface area contributed by atoms with Crippen molar-refractivity contribution in [2.45, 2.75) is 129 Å². The van der Waals surface area contributed by atoms with Crippen LogP contribution in [0.2, 0.25) is 0 Å². The van der Waals surface area contributed by atoms with Crippen LogP contribution in [0.4, 0.5) is 0 Å². The monoisotopic (exact) mass is 865 g/mol. The highest BCUT2D eigenvalue weighted by Crippen LogP contribution is 2.40. The van der Waals surface area contributed by atoms with E-state index < -0.39 is 0 Å². The molecule has 332 valence electrons. The van der Waals surface area contributed by atoms with Gasteiger partial charge in [-0.3, -0.25) is 0 Å². The molecular weight excluding hydrogens is 801 g/mol. The molecule has 0 N–H and O–H groups in total. The minimum atomic E-state index is 0.926. The summed E-state index contributed by atoms with van der Waals surface area (Å²) in [4.78, 5) is 20.8. The molecule has 0 fully saturated rings. The van der Waals surface area contributed by atoms with Crippen LogP contribution in [0.5, 0.6) is 0 Å². The fraction of sp³-hybridized carbons (Fsp3) is 0.323. The number of unbranched alkanes of at least 4 members (excludes halogenated alkanes) is 14. The van der Waals surface area contributed by atoms with Crippen molar-refractivity contribution in [1.29, 1.82) is 0 Å². The molecule has 0 atom stereocenters. The topological polar surface area (TPSA) is 51.6 Å². The van der Waals surface area contributed by atoms with Gasteiger partial charge in [-0.2, -0.15) is 0 Å². The molecule has 2 heterocycles. The van der Waals surface area contributed by atoms with Crippen LogP contribution in [0, 0.1) is 0 Å². The second kappa shape index (κ2) is 20.5. The zero-order valence-corrected chi connectivity index (χ0v) is 39.2. The third-order valence-electron chi connectivity index (χ3n) is 14.0. The number of benzene rings is 8. The Balaban J connectivity index is 1.08. The predicted octanol–water partition coefficient (Wildman–Crippen LogP) is 18.0. The van der Waals surface area contributed by atoms with Gasteiger partial charge < -0.3 is 0 Å². The Morgan fingerprint density at radius 3 is 0.970 bits per heavy atom. The van der Waals surface area contributed by atoms with Crippen LogP contribution in [-0.4, -0.2) is 19.9 Å². The number of rotatable bonds is 20. The summed E-state index contributed by atoms with van der Waals surface area (Å²) in [6.45, 7) is 4.60. The zero-order valence-electron chi connectivity index (χ0n) is 39.2. The number of hydrogen-bond donors (Lipinski definition) is 0. The molecule has 0 spiro atoms. The summed E-state index contributed by atoms with van der Waals surface area (Å²) in [6, 6.07) is 49.3. The molecule has 0 amide bonds. The lowest BCUT2D eigenvalue weighted by atomic mass is 9.87. The van der Waals surface area contributed by atoms with Gasteiger partial charge in [0.1, 0.15) is 0 Å². The van der Waals surface area contributed by atoms with Crippen molar-refractivity contribution in [1.82, 2.24) is 19.9 Å². The van der Waals surface area contributed by atoms with E-state index in [4.69, 9.17) is 19.9 Å². The van der Waals surface area contributed by atoms with E-state index in [1.165, 1.54) is 168 Å². The minimum absolute atomic E-state index is 0.926. The van der Waals surface area contributed by atoms with Gasteiger partial charge in [-0.15, -0.1) is 0 Å². The molecule has 4 nitrogen and oxygen atoms in total. The van der Waals surface area contributed by atoms with E-state index in [0.717, 1.165) is 57.0 Å². The quantitative estimate of drug-likeness (QED) is 0.0566. The summed E-state index contributed by atoms with van der Waals surface area (Å²) in [5.41, 5.74) is 15.2. The van der Waals surface area contributed by atoms with E-state index >= 15 is 0 Å². The van der Waals surface area contributed by atoms with Crippen molar-refractivity contribution in [2.75, 3.05) is 0 Å². The van der Waals surface area contributed by atoms with Crippen LogP contribution >= 0.6 is 0 Å². The summed E-state index contributed by atoms with van der Waals surface area (Å²) >= 11 is 0. The Morgan fingerprint density at radius 2 is 0.606 bits per heavy atom. The van der Waals surface area contributed by atoms with E-state index in [0.29, 0.717) is 0 Å². The third-order valence-corrected chi connectivity index (χ3v) is 14.0. The lowest BCUT2D eigenvalue weighted by Crippen LogP contribution is -1.96. The summed E-state index contributed by atoms with van der Waals surface area (Å²) in [6.07, 6.45) is 23.1. The molecular formula is C62H64N4. The lowest BCUT2D eigenvalue weighted by Gasteiger charge is -2.17. The second-order valence-corrected chi connectivity index (χ2v) is 19.1. The molecule has 66 heavy (non-hydrogen) atoms. The maximum absolute atomic E-state index is 5.27. The van der Waals surface area contributed by atoms with Crippen molar-refractivity contribution in [3.63, 3.8) is 0 Å². The summed E-state index contributed by atoms with van der Waals surface area (Å²) in [5, 5.41) is 7.36. The first-order chi connectivity index (χ1) is 32.6. The zero-order chi connectivity index (χ0) is 44.7. The van der Waals surface area contributed by atoms with Gasteiger partial charge in [0.05, 0.1) is 44.1 Å². The van der Waals surface area contributed by atoms with Gasteiger partial charge in [0, 0.05) is 0 Å². The average molecular weight is 865 g/mol. The summed E-state index contributed by atoms with van der Waals surface area (Å²) in [7, 11) is 0. The average Bonchev–Trinajstić information content (AvgIpc) is 3.34. The van der Waals surface area contributed by atoms with Crippen molar-refractivity contribution < 1.29 is 0 Å². The normalized spacial score (nSPS) is 12.0. The van der Waals surface area contributed by atoms with E-state index in [9.17, 15) is 0 Å². The van der Waals surface area contributed by atoms with Crippen LogP contribution < -0.4 is 0 Å². The summed E-state index contributed by atoms with van der Waals surface area (Å²) in [5.74, 6) is 0. The van der Waals surface area contributed by atoms with Crippen molar-refractivity contribution >= 4 is 76.5 Å². The van der Waals surface area contributed by atoms with E-state index in [1.54, 1.807) is 0 Å². The molecule has 10 rings (SSSR count). The minimum Gasteiger partial charge on any atom is -0.244 e. The molecule has 4 heteroatoms. The molecule has 0 aliphatic heterocycles. The SMILES string of the molecule is CCCCCCCCCCc1cc(-c2ccc3nc4cc5ccccc5cc4nc3c2)c2cc(CCCCCCCCCC)cc(-c3ccc4nc5cc6ccccc6cc5nc4c3)c2c1. The van der Waals surface area contributed by atoms with Gasteiger partial charge in [0.15, 0.2) is 0 Å². The highest BCUT2D eigenvalue weighted by molar-refractivity contribution is 6.07. The van der Waals surface area contributed by atoms with Crippen molar-refractivity contribution in [3.05, 3.63) is 145 Å². The van der Waals surface area contributed by atoms with E-state index in [2.05, 4.69) is 147 Å². The van der Waals surface area contributed by atoms with Crippen LogP contribution in [0.1, 0.15) is 128 Å². The highest BCUT2D eigenvalue weighted by atomic mass is 14.8. The van der Waals surface area contributed by atoms with Gasteiger partial charge in [0.25, 0.3) is 0 Å². The molecule has 0 unspecified atom stereocenters. The number of hydrogen-bond acceptors (Lipinski definition) is 4. The predicted molar refractivity (Wildman–Crippen MR) is 284 cm³/mol. The van der Waals surface area contributed by atoms with Gasteiger partial charge in [0.2, 0.25) is 0 Å². The fourth-order valence-corrected chi connectivity index (χ4v) is 10.3. The molecule has 0 saturated heterocycles. The Labute approximate surface area is 390 Å². The molecule has 0 aliphatic rings. The largest absolute Gasteiger partial charge is 0.244 e. The third kappa shape index (κ3) is 9.80. The maximum Gasteiger partial charge on any atom is 0.0901 e. The number of aryl methyl sites for hydroxylation is 2. The Hall–Kier alpha value is -6.26. The van der Waals surface area contributed by atoms with Crippen molar-refractivity contribution in [3.8, 4) is 22.3 Å². The first-order valence-electron chi connectivity index (χ1n) is 25.4. The smallest absolute Gasteiger partial charge is 0.0901 e. The highest BCUT2D eigenvalue weighted by Gasteiger charge is 2.16. The Morgan fingerprint density at radius 1 is 0.288 bits per heavy atom. The Kier molecular flexibility index (Phi) is 13.5. The molecule has 8 aromatic carbocycles. The van der Waals surface area contributed by atoms with Crippen LogP contribution in [0.25, 0.3) is 98.7 Å². The fourth-order valence-electron chi connectivity index (χ4n) is 10.3. The first kappa shape index (κ1) is 43.6. The van der Waals surface area contributed by atoms with E-state index in [1.807, 2.05) is 0 Å². The number of aromatic nitrogens is 4. The lowest BCUT2D eigenvalue weighted by molar-refractivity contribution is 0.575. The van der Waals surface area contributed by atoms with E-state index in [-0.39, 0.29) is 0 Å². The molecule has 0 bridgehead atoms. The maximum atomic E-state index is 5.27. The van der Waals surface area contributed by atoms with Crippen LogP contribution in [0.15, 0.2) is 133 Å². The van der Waals surface area contributed by atoms with Crippen molar-refractivity contribution in [2.24, 2.45) is 0 Å². The Bertz CT molecular complexity index is 3090. The van der Waals surface area contributed by atoms with Gasteiger partial charge in [-0.25, -0.2) is 19.9 Å². The molecule has 0 aliphatic carbocycles. The van der Waals surface area contributed by atoms with Gasteiger partial charge in [-0.05, 0) is 140 Å². The molecule has 0 saturated carbocycles. The van der Waals surface area contributed by atoms with Gasteiger partial charge >= 0.3 is 0 Å². The summed E-state index contributed by atoms with van der Waals surface area (Å²) < 4.78 is 0.